The van der Waals surface area contributed by atoms with Crippen LogP contribution in [0.25, 0.3) is 11.0 Å². The largest absolute Gasteiger partial charge is 0.481 e. The number of urea groups is 1. The van der Waals surface area contributed by atoms with E-state index in [1.165, 1.54) is 11.5 Å². The van der Waals surface area contributed by atoms with Crippen LogP contribution >= 0.6 is 11.5 Å². The Morgan fingerprint density at radius 3 is 2.56 bits per heavy atom. The number of nitrogens with zero attached hydrogens (tertiary/aromatic N) is 6. The molecule has 4 heterocycles. The van der Waals surface area contributed by atoms with Crippen LogP contribution in [0.15, 0.2) is 28.8 Å². The van der Waals surface area contributed by atoms with Crippen molar-refractivity contribution in [2.24, 2.45) is 5.92 Å². The average molecular weight is 458 g/mol. The van der Waals surface area contributed by atoms with Gasteiger partial charge in [-0.05, 0) is 25.0 Å². The Hall–Kier alpha value is -3.41. The lowest BCUT2D eigenvalue weighted by molar-refractivity contribution is -0.142. The van der Waals surface area contributed by atoms with E-state index in [0.29, 0.717) is 69.5 Å². The van der Waals surface area contributed by atoms with Gasteiger partial charge in [0, 0.05) is 50.8 Å². The molecule has 0 bridgehead atoms. The van der Waals surface area contributed by atoms with Crippen molar-refractivity contribution < 1.29 is 19.2 Å². The highest BCUT2D eigenvalue weighted by molar-refractivity contribution is 7.09. The molecule has 3 aromatic rings. The molecule has 12 heteroatoms. The highest BCUT2D eigenvalue weighted by Crippen LogP contribution is 2.27. The Morgan fingerprint density at radius 1 is 1.06 bits per heavy atom. The molecular formula is C20H23N7O4S. The standard InChI is InChI=1S/C20H23N7O4S/c28-17(29)13-5-7-25(8-6-13)18-22-20(32-24-18)27-11-9-26(10-12-27)19(30)21-16-14-3-1-2-4-15(14)31-23-16/h1-4,13H,5-12H2,(H,28,29)(H,21,23,30). The fraction of sp³-hybridized carbons (Fsp3) is 0.450. The molecule has 2 N–H and O–H groups in total. The predicted octanol–water partition coefficient (Wildman–Crippen LogP) is 2.33. The lowest BCUT2D eigenvalue weighted by Crippen LogP contribution is -2.50. The van der Waals surface area contributed by atoms with Gasteiger partial charge in [0.1, 0.15) is 0 Å². The zero-order valence-corrected chi connectivity index (χ0v) is 18.1. The smallest absolute Gasteiger partial charge is 0.323 e. The highest BCUT2D eigenvalue weighted by Gasteiger charge is 2.28. The molecule has 1 aromatic carbocycles. The van der Waals surface area contributed by atoms with Gasteiger partial charge in [-0.3, -0.25) is 10.1 Å². The Balaban J connectivity index is 1.15. The normalized spacial score (nSPS) is 17.7. The summed E-state index contributed by atoms with van der Waals surface area (Å²) < 4.78 is 9.72. The Morgan fingerprint density at radius 2 is 1.81 bits per heavy atom. The molecule has 0 saturated carbocycles. The average Bonchev–Trinajstić information content (AvgIpc) is 3.47. The minimum absolute atomic E-state index is 0.206. The third-order valence-corrected chi connectivity index (χ3v) is 6.74. The number of hydrogen-bond donors (Lipinski definition) is 2. The topological polar surface area (TPSA) is 128 Å². The van der Waals surface area contributed by atoms with E-state index in [9.17, 15) is 9.59 Å². The van der Waals surface area contributed by atoms with Crippen molar-refractivity contribution >= 4 is 51.4 Å². The summed E-state index contributed by atoms with van der Waals surface area (Å²) in [5.74, 6) is 0.0782. The second-order valence-electron chi connectivity index (χ2n) is 7.91. The summed E-state index contributed by atoms with van der Waals surface area (Å²) >= 11 is 1.34. The van der Waals surface area contributed by atoms with Crippen LogP contribution in [0.3, 0.4) is 0 Å². The molecule has 0 atom stereocenters. The summed E-state index contributed by atoms with van der Waals surface area (Å²) in [5, 5.41) is 17.5. The molecule has 2 aliphatic rings. The lowest BCUT2D eigenvalue weighted by Gasteiger charge is -2.34. The maximum absolute atomic E-state index is 12.7. The number of para-hydroxylation sites is 1. The molecule has 0 aliphatic carbocycles. The summed E-state index contributed by atoms with van der Waals surface area (Å²) in [6.07, 6.45) is 1.22. The van der Waals surface area contributed by atoms with E-state index >= 15 is 0 Å². The number of carbonyl (C=O) groups excluding carboxylic acids is 1. The summed E-state index contributed by atoms with van der Waals surface area (Å²) in [7, 11) is 0. The summed E-state index contributed by atoms with van der Waals surface area (Å²) in [6, 6.07) is 7.19. The lowest BCUT2D eigenvalue weighted by atomic mass is 9.97. The fourth-order valence-corrected chi connectivity index (χ4v) is 4.79. The van der Waals surface area contributed by atoms with E-state index in [1.807, 2.05) is 29.2 Å². The minimum atomic E-state index is -0.727. The van der Waals surface area contributed by atoms with Gasteiger partial charge in [-0.15, -0.1) is 0 Å². The first-order valence-electron chi connectivity index (χ1n) is 10.6. The van der Waals surface area contributed by atoms with Crippen LogP contribution in [0.1, 0.15) is 12.8 Å². The number of carbonyl (C=O) groups is 2. The number of nitrogens with one attached hydrogen (secondary N) is 1. The second-order valence-corrected chi connectivity index (χ2v) is 8.64. The van der Waals surface area contributed by atoms with Crippen LogP contribution in [-0.2, 0) is 4.79 Å². The number of carboxylic acid groups (broad SMARTS) is 1. The van der Waals surface area contributed by atoms with E-state index < -0.39 is 5.97 Å². The molecule has 11 nitrogen and oxygen atoms in total. The number of anilines is 3. The zero-order chi connectivity index (χ0) is 22.1. The number of aliphatic carboxylic acids is 1. The van der Waals surface area contributed by atoms with Crippen molar-refractivity contribution in [3.05, 3.63) is 24.3 Å². The predicted molar refractivity (Wildman–Crippen MR) is 119 cm³/mol. The first-order valence-corrected chi connectivity index (χ1v) is 11.3. The van der Waals surface area contributed by atoms with Crippen molar-refractivity contribution in [3.63, 3.8) is 0 Å². The fourth-order valence-electron chi connectivity index (χ4n) is 4.05. The van der Waals surface area contributed by atoms with Crippen LogP contribution in [-0.4, -0.2) is 75.8 Å². The van der Waals surface area contributed by atoms with E-state index in [0.717, 1.165) is 10.5 Å². The van der Waals surface area contributed by atoms with Crippen LogP contribution in [0.2, 0.25) is 0 Å². The third kappa shape index (κ3) is 4.05. The van der Waals surface area contributed by atoms with Crippen LogP contribution in [0, 0.1) is 5.92 Å². The summed E-state index contributed by atoms with van der Waals surface area (Å²) in [5.41, 5.74) is 0.631. The van der Waals surface area contributed by atoms with Gasteiger partial charge in [-0.25, -0.2) is 4.79 Å². The van der Waals surface area contributed by atoms with Crippen molar-refractivity contribution in [2.75, 3.05) is 54.4 Å². The quantitative estimate of drug-likeness (QED) is 0.606. The second kappa shape index (κ2) is 8.61. The summed E-state index contributed by atoms with van der Waals surface area (Å²) in [4.78, 5) is 34.4. The molecule has 0 unspecified atom stereocenters. The number of fused-ring (bicyclic) bond motifs is 1. The first kappa shape index (κ1) is 20.5. The minimum Gasteiger partial charge on any atom is -0.481 e. The van der Waals surface area contributed by atoms with Gasteiger partial charge in [0.15, 0.2) is 11.4 Å². The molecule has 0 spiro atoms. The van der Waals surface area contributed by atoms with Crippen molar-refractivity contribution in [1.82, 2.24) is 19.4 Å². The van der Waals surface area contributed by atoms with Gasteiger partial charge >= 0.3 is 12.0 Å². The van der Waals surface area contributed by atoms with Crippen molar-refractivity contribution in [3.8, 4) is 0 Å². The molecular weight excluding hydrogens is 434 g/mol. The molecule has 5 rings (SSSR count). The molecule has 2 aromatic heterocycles. The molecule has 2 aliphatic heterocycles. The van der Waals surface area contributed by atoms with Gasteiger partial charge in [-0.2, -0.15) is 9.36 Å². The van der Waals surface area contributed by atoms with Gasteiger partial charge in [0.05, 0.1) is 11.3 Å². The van der Waals surface area contributed by atoms with E-state index in [4.69, 9.17) is 9.63 Å². The van der Waals surface area contributed by atoms with Crippen molar-refractivity contribution in [1.29, 1.82) is 0 Å². The van der Waals surface area contributed by atoms with Gasteiger partial charge in [-0.1, -0.05) is 17.3 Å². The van der Waals surface area contributed by atoms with Gasteiger partial charge in [0.25, 0.3) is 0 Å². The molecule has 2 saturated heterocycles. The molecule has 32 heavy (non-hydrogen) atoms. The number of amides is 2. The van der Waals surface area contributed by atoms with Crippen LogP contribution in [0.4, 0.5) is 21.7 Å². The number of piperidine rings is 1. The zero-order valence-electron chi connectivity index (χ0n) is 17.3. The molecule has 168 valence electrons. The summed E-state index contributed by atoms with van der Waals surface area (Å²) in [6.45, 7) is 3.72. The maximum Gasteiger partial charge on any atom is 0.323 e. The maximum atomic E-state index is 12.7. The Kier molecular flexibility index (Phi) is 5.52. The Labute approximate surface area is 187 Å². The van der Waals surface area contributed by atoms with E-state index in [1.54, 1.807) is 4.90 Å². The first-order chi connectivity index (χ1) is 15.6. The van der Waals surface area contributed by atoms with E-state index in [-0.39, 0.29) is 11.9 Å². The number of aromatic nitrogens is 3. The van der Waals surface area contributed by atoms with Crippen molar-refractivity contribution in [2.45, 2.75) is 12.8 Å². The number of hydrogen-bond acceptors (Lipinski definition) is 9. The van der Waals surface area contributed by atoms with E-state index in [2.05, 4.69) is 24.7 Å². The third-order valence-electron chi connectivity index (χ3n) is 5.97. The molecule has 2 fully saturated rings. The SMILES string of the molecule is O=C(O)C1CCN(c2nsc(N3CCN(C(=O)Nc4noc5ccccc45)CC3)n2)CC1. The number of rotatable bonds is 4. The molecule has 2 amide bonds. The number of benzene rings is 1. The Bertz CT molecular complexity index is 1120. The van der Waals surface area contributed by atoms with Gasteiger partial charge < -0.3 is 24.3 Å². The van der Waals surface area contributed by atoms with Crippen LogP contribution in [0.5, 0.6) is 0 Å². The van der Waals surface area contributed by atoms with Gasteiger partial charge in [0.2, 0.25) is 11.1 Å². The highest BCUT2D eigenvalue weighted by atomic mass is 32.1. The number of carboxylic acids is 1. The number of piperazine rings is 1. The van der Waals surface area contributed by atoms with Crippen LogP contribution < -0.4 is 15.1 Å². The molecule has 0 radical (unpaired) electrons. The monoisotopic (exact) mass is 457 g/mol.